The Balaban J connectivity index is 1.49. The highest BCUT2D eigenvalue weighted by Gasteiger charge is 2.30. The van der Waals surface area contributed by atoms with Gasteiger partial charge in [0, 0.05) is 42.6 Å². The molecular weight excluding hydrogens is 791 g/mol. The van der Waals surface area contributed by atoms with Gasteiger partial charge in [0.05, 0.1) is 12.6 Å². The fourth-order valence-corrected chi connectivity index (χ4v) is 6.89. The Bertz CT molecular complexity index is 2300. The number of aromatic nitrogens is 1. The molecule has 0 unspecified atom stereocenters. The summed E-state index contributed by atoms with van der Waals surface area (Å²) >= 11 is 0. The Morgan fingerprint density at radius 1 is 0.677 bits per heavy atom. The van der Waals surface area contributed by atoms with Gasteiger partial charge in [-0.2, -0.15) is 0 Å². The van der Waals surface area contributed by atoms with Gasteiger partial charge in [-0.3, -0.25) is 9.59 Å². The maximum atomic E-state index is 14.0. The van der Waals surface area contributed by atoms with E-state index in [0.29, 0.717) is 23.3 Å². The van der Waals surface area contributed by atoms with E-state index < -0.39 is 53.7 Å². The van der Waals surface area contributed by atoms with E-state index in [1.165, 1.54) is 14.2 Å². The summed E-state index contributed by atoms with van der Waals surface area (Å²) in [6.07, 6.45) is 0.784. The number of H-pyrrole nitrogens is 1. The number of methoxy groups -OCH3 is 1. The third-order valence-corrected chi connectivity index (χ3v) is 9.82. The lowest BCUT2D eigenvalue weighted by atomic mass is 9.95. The fraction of sp³-hybridized carbons (Fsp3) is 0.354. The van der Waals surface area contributed by atoms with E-state index in [-0.39, 0.29) is 32.0 Å². The Kier molecular flexibility index (Phi) is 16.1. The van der Waals surface area contributed by atoms with Crippen LogP contribution < -0.4 is 26.0 Å². The van der Waals surface area contributed by atoms with E-state index in [4.69, 9.17) is 18.9 Å². The van der Waals surface area contributed by atoms with Gasteiger partial charge in [0.2, 0.25) is 11.8 Å². The van der Waals surface area contributed by atoms with Crippen LogP contribution in [0.4, 0.5) is 9.59 Å². The molecule has 0 fully saturated rings. The number of aromatic amines is 1. The molecule has 14 heteroatoms. The van der Waals surface area contributed by atoms with Gasteiger partial charge in [0.15, 0.2) is 0 Å². The van der Waals surface area contributed by atoms with Crippen molar-refractivity contribution in [3.8, 4) is 16.9 Å². The highest BCUT2D eigenvalue weighted by atomic mass is 16.6. The summed E-state index contributed by atoms with van der Waals surface area (Å²) in [4.78, 5) is 69.1. The topological polar surface area (TPSA) is 186 Å². The van der Waals surface area contributed by atoms with E-state index in [1.54, 1.807) is 27.0 Å². The fourth-order valence-electron chi connectivity index (χ4n) is 6.89. The molecule has 0 saturated heterocycles. The predicted octanol–water partition coefficient (Wildman–Crippen LogP) is 7.14. The van der Waals surface area contributed by atoms with E-state index in [0.717, 1.165) is 33.2 Å². The number of amides is 4. The Morgan fingerprint density at radius 2 is 1.32 bits per heavy atom. The van der Waals surface area contributed by atoms with Gasteiger partial charge < -0.3 is 45.2 Å². The number of hydrogen-bond acceptors (Lipinski definition) is 9. The monoisotopic (exact) mass is 847 g/mol. The molecule has 1 heterocycles. The molecule has 328 valence electrons. The normalized spacial score (nSPS) is 12.7. The average molecular weight is 848 g/mol. The maximum Gasteiger partial charge on any atom is 0.408 e. The largest absolute Gasteiger partial charge is 0.488 e. The van der Waals surface area contributed by atoms with Crippen molar-refractivity contribution in [3.63, 3.8) is 0 Å². The summed E-state index contributed by atoms with van der Waals surface area (Å²) in [6, 6.07) is 27.2. The van der Waals surface area contributed by atoms with Crippen LogP contribution in [-0.2, 0) is 54.6 Å². The van der Waals surface area contributed by atoms with Gasteiger partial charge in [-0.1, -0.05) is 98.8 Å². The minimum Gasteiger partial charge on any atom is -0.488 e. The summed E-state index contributed by atoms with van der Waals surface area (Å²) in [6.45, 7) is 9.34. The first kappa shape index (κ1) is 46.2. The molecule has 1 aromatic heterocycles. The number of ether oxygens (including phenoxy) is 4. The van der Waals surface area contributed by atoms with Crippen molar-refractivity contribution in [1.29, 1.82) is 0 Å². The number of nitrogens with one attached hydrogen (secondary N) is 5. The van der Waals surface area contributed by atoms with Crippen molar-refractivity contribution in [1.82, 2.24) is 26.3 Å². The van der Waals surface area contributed by atoms with Crippen molar-refractivity contribution in [2.75, 3.05) is 14.2 Å². The minimum atomic E-state index is -1.14. The Morgan fingerprint density at radius 3 is 1.95 bits per heavy atom. The number of alkyl carbamates (subject to hydrolysis) is 2. The standard InChI is InChI=1S/C48H57N5O9/c1-30(2)23-40(45(56)59-7)51-44(55)38(53-47(58)62-48(3,4)5)25-33-21-22-41(60-28-31-15-10-8-11-16-31)37(24-33)36-20-14-19-35-34(27-50-42(35)36)26-39(43(54)49-6)52-46(57)61-29-32-17-12-9-13-18-32/h8-22,24,27,30,38-40,50H,23,25-26,28-29H2,1-7H3,(H,49,54)(H,51,55)(H,52,57)(H,53,58)/t38-,39+,40+/m1/s1. The van der Waals surface area contributed by atoms with Crippen LogP contribution in [0.5, 0.6) is 5.75 Å². The summed E-state index contributed by atoms with van der Waals surface area (Å²) in [5.41, 5.74) is 4.55. The van der Waals surface area contributed by atoms with Gasteiger partial charge in [-0.15, -0.1) is 0 Å². The predicted molar refractivity (Wildman–Crippen MR) is 236 cm³/mol. The van der Waals surface area contributed by atoms with Gasteiger partial charge in [-0.05, 0) is 67.5 Å². The number of para-hydroxylation sites is 1. The van der Waals surface area contributed by atoms with Crippen molar-refractivity contribution >= 4 is 40.9 Å². The molecule has 62 heavy (non-hydrogen) atoms. The molecule has 0 aliphatic carbocycles. The van der Waals surface area contributed by atoms with Crippen LogP contribution in [-0.4, -0.2) is 72.8 Å². The lowest BCUT2D eigenvalue weighted by Crippen LogP contribution is -2.53. The minimum absolute atomic E-state index is 0.0262. The van der Waals surface area contributed by atoms with Crippen LogP contribution >= 0.6 is 0 Å². The SMILES string of the molecule is CNC(=O)[C@H](Cc1c[nH]c2c(-c3cc(C[C@@H](NC(=O)OC(C)(C)C)C(=O)N[C@@H](CC(C)C)C(=O)OC)ccc3OCc3ccccc3)cccc12)NC(=O)OCc1ccccc1. The zero-order valence-electron chi connectivity index (χ0n) is 36.3. The van der Waals surface area contributed by atoms with Crippen molar-refractivity contribution in [2.45, 2.75) is 90.8 Å². The number of fused-ring (bicyclic) bond motifs is 1. The number of rotatable bonds is 18. The quantitative estimate of drug-likeness (QED) is 0.0452. The third kappa shape index (κ3) is 13.3. The molecule has 5 N–H and O–H groups in total. The number of carbonyl (C=O) groups excluding carboxylic acids is 5. The number of esters is 1. The maximum absolute atomic E-state index is 14.0. The second-order valence-electron chi connectivity index (χ2n) is 16.3. The van der Waals surface area contributed by atoms with Crippen molar-refractivity contribution < 1.29 is 42.9 Å². The number of likely N-dealkylation sites (N-methyl/N-ethyl adjacent to an activating group) is 1. The van der Waals surface area contributed by atoms with Crippen LogP contribution in [0.1, 0.15) is 63.3 Å². The summed E-state index contributed by atoms with van der Waals surface area (Å²) in [7, 11) is 2.76. The van der Waals surface area contributed by atoms with Gasteiger partial charge in [0.25, 0.3) is 0 Å². The molecule has 0 spiro atoms. The highest BCUT2D eigenvalue weighted by Crippen LogP contribution is 2.37. The molecule has 0 bridgehead atoms. The van der Waals surface area contributed by atoms with Crippen LogP contribution in [0.25, 0.3) is 22.0 Å². The number of carbonyl (C=O) groups is 5. The Hall–Kier alpha value is -6.83. The van der Waals surface area contributed by atoms with E-state index in [1.807, 2.05) is 111 Å². The summed E-state index contributed by atoms with van der Waals surface area (Å²) in [5, 5.41) is 11.7. The molecule has 0 radical (unpaired) electrons. The first-order valence-corrected chi connectivity index (χ1v) is 20.6. The number of hydrogen-bond donors (Lipinski definition) is 5. The molecule has 4 amide bonds. The van der Waals surface area contributed by atoms with Gasteiger partial charge in [-0.25, -0.2) is 14.4 Å². The lowest BCUT2D eigenvalue weighted by molar-refractivity contribution is -0.145. The van der Waals surface area contributed by atoms with Gasteiger partial charge in [0.1, 0.15) is 42.7 Å². The van der Waals surface area contributed by atoms with E-state index >= 15 is 0 Å². The molecule has 4 aromatic carbocycles. The molecule has 0 saturated carbocycles. The second-order valence-corrected chi connectivity index (χ2v) is 16.3. The van der Waals surface area contributed by atoms with Crippen molar-refractivity contribution in [3.05, 3.63) is 126 Å². The van der Waals surface area contributed by atoms with Crippen molar-refractivity contribution in [2.24, 2.45) is 5.92 Å². The second kappa shape index (κ2) is 21.6. The summed E-state index contributed by atoms with van der Waals surface area (Å²) < 4.78 is 22.4. The molecule has 5 aromatic rings. The van der Waals surface area contributed by atoms with Crippen LogP contribution in [0, 0.1) is 5.92 Å². The molecule has 14 nitrogen and oxygen atoms in total. The first-order chi connectivity index (χ1) is 29.6. The highest BCUT2D eigenvalue weighted by molar-refractivity contribution is 5.98. The average Bonchev–Trinajstić information content (AvgIpc) is 3.66. The molecule has 0 aliphatic rings. The molecule has 5 rings (SSSR count). The first-order valence-electron chi connectivity index (χ1n) is 20.6. The van der Waals surface area contributed by atoms with E-state index in [2.05, 4.69) is 26.3 Å². The zero-order valence-corrected chi connectivity index (χ0v) is 36.3. The van der Waals surface area contributed by atoms with Crippen LogP contribution in [0.2, 0.25) is 0 Å². The third-order valence-electron chi connectivity index (χ3n) is 9.82. The number of benzene rings is 4. The lowest BCUT2D eigenvalue weighted by Gasteiger charge is -2.25. The summed E-state index contributed by atoms with van der Waals surface area (Å²) in [5.74, 6) is -0.958. The molecular formula is C48H57N5O9. The van der Waals surface area contributed by atoms with E-state index in [9.17, 15) is 24.0 Å². The zero-order chi connectivity index (χ0) is 44.8. The Labute approximate surface area is 362 Å². The van der Waals surface area contributed by atoms with Gasteiger partial charge >= 0.3 is 18.2 Å². The van der Waals surface area contributed by atoms with Crippen LogP contribution in [0.3, 0.4) is 0 Å². The molecule has 0 aliphatic heterocycles. The molecule has 3 atom stereocenters. The van der Waals surface area contributed by atoms with Crippen LogP contribution in [0.15, 0.2) is 103 Å². The smallest absolute Gasteiger partial charge is 0.408 e.